The Balaban J connectivity index is 1.73. The summed E-state index contributed by atoms with van der Waals surface area (Å²) in [6.45, 7) is 1.38. The molecule has 2 aromatic rings. The minimum atomic E-state index is -3.94. The van der Waals surface area contributed by atoms with Gasteiger partial charge < -0.3 is 15.2 Å². The Kier molecular flexibility index (Phi) is 5.80. The maximum atomic E-state index is 12.9. The monoisotopic (exact) mass is 447 g/mol. The molecule has 1 aromatic heterocycles. The lowest BCUT2D eigenvalue weighted by molar-refractivity contribution is -0.115. The maximum Gasteiger partial charge on any atom is 0.239 e. The Morgan fingerprint density at radius 1 is 1.29 bits per heavy atom. The summed E-state index contributed by atoms with van der Waals surface area (Å²) < 4.78 is 54.8. The summed E-state index contributed by atoms with van der Waals surface area (Å²) in [5.41, 5.74) is 0. The van der Waals surface area contributed by atoms with Gasteiger partial charge in [0.1, 0.15) is 5.76 Å². The van der Waals surface area contributed by atoms with E-state index in [1.54, 1.807) is 6.92 Å². The second kappa shape index (κ2) is 7.82. The van der Waals surface area contributed by atoms with E-state index in [9.17, 15) is 21.6 Å². The van der Waals surface area contributed by atoms with Crippen LogP contribution in [0.5, 0.6) is 0 Å². The van der Waals surface area contributed by atoms with Crippen molar-refractivity contribution >= 4 is 43.0 Å². The summed E-state index contributed by atoms with van der Waals surface area (Å²) in [5.74, 6) is -0.659. The molecule has 0 aliphatic carbocycles. The number of benzene rings is 1. The van der Waals surface area contributed by atoms with Gasteiger partial charge in [-0.25, -0.2) is 16.8 Å². The molecule has 0 radical (unpaired) electrons. The summed E-state index contributed by atoms with van der Waals surface area (Å²) in [4.78, 5) is 12.0. The van der Waals surface area contributed by atoms with E-state index in [4.69, 9.17) is 16.1 Å². The Hall–Kier alpha value is -1.95. The Labute approximate surface area is 167 Å². The summed E-state index contributed by atoms with van der Waals surface area (Å²) in [6, 6.07) is 6.11. The zero-order valence-electron chi connectivity index (χ0n) is 14.8. The molecule has 1 fully saturated rings. The number of halogens is 1. The standard InChI is InChI=1S/C16H18ClN3O6S2/c1-10-6-15(20-26-10)19-16(21)7-18-13-8-27(22,23)9-14(13)28(24,25)12-4-2-11(17)3-5-12/h2-6,13-14,18H,7-9H2,1H3,(H,19,20,21)/t13-,14-/m0/s1. The van der Waals surface area contributed by atoms with Crippen molar-refractivity contribution in [2.75, 3.05) is 23.4 Å². The number of aromatic nitrogens is 1. The van der Waals surface area contributed by atoms with Crippen LogP contribution in [0, 0.1) is 6.92 Å². The smallest absolute Gasteiger partial charge is 0.239 e. The zero-order valence-corrected chi connectivity index (χ0v) is 17.1. The third-order valence-electron chi connectivity index (χ3n) is 4.26. The largest absolute Gasteiger partial charge is 0.360 e. The van der Waals surface area contributed by atoms with E-state index < -0.39 is 42.6 Å². The molecule has 1 aromatic carbocycles. The number of anilines is 1. The molecule has 0 bridgehead atoms. The van der Waals surface area contributed by atoms with E-state index >= 15 is 0 Å². The van der Waals surface area contributed by atoms with Gasteiger partial charge in [-0.2, -0.15) is 0 Å². The minimum Gasteiger partial charge on any atom is -0.360 e. The topological polar surface area (TPSA) is 135 Å². The average Bonchev–Trinajstić information content (AvgIpc) is 3.16. The maximum absolute atomic E-state index is 12.9. The number of nitrogens with zero attached hydrogens (tertiary/aromatic N) is 1. The van der Waals surface area contributed by atoms with E-state index in [0.717, 1.165) is 0 Å². The molecule has 0 saturated carbocycles. The fraction of sp³-hybridized carbons (Fsp3) is 0.375. The van der Waals surface area contributed by atoms with Crippen LogP contribution in [0.25, 0.3) is 0 Å². The lowest BCUT2D eigenvalue weighted by Crippen LogP contribution is -2.46. The van der Waals surface area contributed by atoms with Gasteiger partial charge in [-0.3, -0.25) is 4.79 Å². The van der Waals surface area contributed by atoms with Gasteiger partial charge in [0.15, 0.2) is 25.5 Å². The normalized spacial score (nSPS) is 21.5. The van der Waals surface area contributed by atoms with E-state index in [1.807, 2.05) is 0 Å². The van der Waals surface area contributed by atoms with Gasteiger partial charge in [0.2, 0.25) is 5.91 Å². The van der Waals surface area contributed by atoms with Gasteiger partial charge in [-0.15, -0.1) is 0 Å². The summed E-state index contributed by atoms with van der Waals surface area (Å²) in [5, 5.41) is 8.01. The van der Waals surface area contributed by atoms with Crippen molar-refractivity contribution in [3.63, 3.8) is 0 Å². The number of nitrogens with one attached hydrogen (secondary N) is 2. The third kappa shape index (κ3) is 4.72. The highest BCUT2D eigenvalue weighted by Gasteiger charge is 2.45. The minimum absolute atomic E-state index is 0.0201. The van der Waals surface area contributed by atoms with Crippen molar-refractivity contribution in [1.29, 1.82) is 0 Å². The number of hydrogen-bond donors (Lipinski definition) is 2. The highest BCUT2D eigenvalue weighted by atomic mass is 35.5. The van der Waals surface area contributed by atoms with Crippen LogP contribution in [0.15, 0.2) is 39.8 Å². The average molecular weight is 448 g/mol. The molecule has 2 heterocycles. The number of rotatable bonds is 6. The SMILES string of the molecule is Cc1cc(NC(=O)CN[C@H]2CS(=O)(=O)C[C@@H]2S(=O)(=O)c2ccc(Cl)cc2)no1. The molecule has 3 rings (SSSR count). The van der Waals surface area contributed by atoms with Crippen molar-refractivity contribution in [1.82, 2.24) is 10.5 Å². The number of sulfone groups is 2. The van der Waals surface area contributed by atoms with Crippen LogP contribution in [0.1, 0.15) is 5.76 Å². The van der Waals surface area contributed by atoms with E-state index in [-0.39, 0.29) is 23.0 Å². The summed E-state index contributed by atoms with van der Waals surface area (Å²) in [7, 11) is -7.51. The molecule has 9 nitrogen and oxygen atoms in total. The Bertz CT molecular complexity index is 1080. The molecule has 1 saturated heterocycles. The molecular formula is C16H18ClN3O6S2. The van der Waals surface area contributed by atoms with Crippen LogP contribution in [-0.2, 0) is 24.5 Å². The van der Waals surface area contributed by atoms with Crippen LogP contribution in [0.4, 0.5) is 5.82 Å². The molecule has 152 valence electrons. The molecule has 2 atom stereocenters. The molecule has 0 spiro atoms. The predicted molar refractivity (Wildman–Crippen MR) is 103 cm³/mol. The first-order valence-corrected chi connectivity index (χ1v) is 12.0. The van der Waals surface area contributed by atoms with Crippen molar-refractivity contribution in [2.45, 2.75) is 23.1 Å². The van der Waals surface area contributed by atoms with Crippen LogP contribution < -0.4 is 10.6 Å². The predicted octanol–water partition coefficient (Wildman–Crippen LogP) is 0.804. The second-order valence-corrected chi connectivity index (χ2v) is 11.2. The number of aryl methyl sites for hydroxylation is 1. The van der Waals surface area contributed by atoms with Crippen molar-refractivity contribution < 1.29 is 26.2 Å². The summed E-state index contributed by atoms with van der Waals surface area (Å²) in [6.07, 6.45) is 0. The van der Waals surface area contributed by atoms with Crippen LogP contribution in [0.2, 0.25) is 5.02 Å². The fourth-order valence-electron chi connectivity index (χ4n) is 2.95. The highest BCUT2D eigenvalue weighted by Crippen LogP contribution is 2.26. The fourth-order valence-corrected chi connectivity index (χ4v) is 7.79. The molecule has 12 heteroatoms. The molecule has 0 unspecified atom stereocenters. The number of hydrogen-bond acceptors (Lipinski definition) is 8. The first-order valence-electron chi connectivity index (χ1n) is 8.23. The van der Waals surface area contributed by atoms with Crippen molar-refractivity contribution in [2.24, 2.45) is 0 Å². The lowest BCUT2D eigenvalue weighted by atomic mass is 10.2. The quantitative estimate of drug-likeness (QED) is 0.663. The second-order valence-electron chi connectivity index (χ2n) is 6.47. The Morgan fingerprint density at radius 2 is 1.96 bits per heavy atom. The lowest BCUT2D eigenvalue weighted by Gasteiger charge is -2.19. The molecule has 1 amide bonds. The van der Waals surface area contributed by atoms with E-state index in [1.165, 1.54) is 30.3 Å². The van der Waals surface area contributed by atoms with Crippen LogP contribution >= 0.6 is 11.6 Å². The first-order chi connectivity index (χ1) is 13.1. The van der Waals surface area contributed by atoms with Gasteiger partial charge in [-0.1, -0.05) is 16.8 Å². The van der Waals surface area contributed by atoms with Crippen molar-refractivity contribution in [3.8, 4) is 0 Å². The molecule has 1 aliphatic rings. The third-order valence-corrected chi connectivity index (χ3v) is 8.68. The first kappa shape index (κ1) is 20.8. The molecule has 1 aliphatic heterocycles. The van der Waals surface area contributed by atoms with E-state index in [2.05, 4.69) is 15.8 Å². The van der Waals surface area contributed by atoms with Gasteiger partial charge in [0.25, 0.3) is 0 Å². The number of carbonyl (C=O) groups is 1. The van der Waals surface area contributed by atoms with Crippen LogP contribution in [-0.4, -0.2) is 57.2 Å². The summed E-state index contributed by atoms with van der Waals surface area (Å²) >= 11 is 5.79. The van der Waals surface area contributed by atoms with Crippen molar-refractivity contribution in [3.05, 3.63) is 41.1 Å². The Morgan fingerprint density at radius 3 is 2.57 bits per heavy atom. The number of amides is 1. The van der Waals surface area contributed by atoms with Gasteiger partial charge in [0, 0.05) is 17.1 Å². The van der Waals surface area contributed by atoms with Gasteiger partial charge in [-0.05, 0) is 31.2 Å². The highest BCUT2D eigenvalue weighted by molar-refractivity contribution is 7.96. The molecule has 2 N–H and O–H groups in total. The van der Waals surface area contributed by atoms with Gasteiger partial charge >= 0.3 is 0 Å². The zero-order chi connectivity index (χ0) is 20.5. The van der Waals surface area contributed by atoms with Crippen LogP contribution in [0.3, 0.4) is 0 Å². The van der Waals surface area contributed by atoms with E-state index in [0.29, 0.717) is 10.8 Å². The number of carbonyl (C=O) groups excluding carboxylic acids is 1. The molecule has 28 heavy (non-hydrogen) atoms. The molecular weight excluding hydrogens is 430 g/mol. The van der Waals surface area contributed by atoms with Gasteiger partial charge in [0.05, 0.1) is 28.2 Å².